The van der Waals surface area contributed by atoms with Gasteiger partial charge in [0.15, 0.2) is 0 Å². The van der Waals surface area contributed by atoms with Crippen molar-refractivity contribution in [2.45, 2.75) is 25.8 Å². The fraction of sp³-hybridized carbons (Fsp3) is 0.400. The fourth-order valence-corrected chi connectivity index (χ4v) is 3.28. The normalized spacial score (nSPS) is 13.0. The number of fused-ring (bicyclic) bond motifs is 1. The van der Waals surface area contributed by atoms with Crippen LogP contribution in [0.2, 0.25) is 0 Å². The lowest BCUT2D eigenvalue weighted by Crippen LogP contribution is -2.23. The molecule has 1 aromatic heterocycles. The lowest BCUT2D eigenvalue weighted by atomic mass is 10.2. The van der Waals surface area contributed by atoms with E-state index in [1.54, 1.807) is 0 Å². The van der Waals surface area contributed by atoms with Crippen molar-refractivity contribution in [2.24, 2.45) is 0 Å². The Balaban J connectivity index is 2.01. The van der Waals surface area contributed by atoms with E-state index in [1.165, 1.54) is 15.0 Å². The third-order valence-electron chi connectivity index (χ3n) is 3.42. The van der Waals surface area contributed by atoms with Crippen molar-refractivity contribution < 1.29 is 9.90 Å². The molecule has 0 aliphatic heterocycles. The maximum absolute atomic E-state index is 10.5. The van der Waals surface area contributed by atoms with Crippen LogP contribution in [0.1, 0.15) is 30.7 Å². The average molecular weight is 277 g/mol. The molecular formula is C15H19NO2S. The SMILES string of the molecule is CC(c1cc2ccccc2s1)N(C)CCCC(=O)O. The summed E-state index contributed by atoms with van der Waals surface area (Å²) in [5.41, 5.74) is 0. The maximum atomic E-state index is 10.5. The number of benzene rings is 1. The Hall–Kier alpha value is -1.39. The number of carboxylic acid groups (broad SMARTS) is 1. The van der Waals surface area contributed by atoms with Gasteiger partial charge in [-0.05, 0) is 44.5 Å². The summed E-state index contributed by atoms with van der Waals surface area (Å²) >= 11 is 1.82. The van der Waals surface area contributed by atoms with Crippen molar-refractivity contribution in [2.75, 3.05) is 13.6 Å². The summed E-state index contributed by atoms with van der Waals surface area (Å²) < 4.78 is 1.31. The zero-order valence-corrected chi connectivity index (χ0v) is 12.1. The number of carbonyl (C=O) groups is 1. The van der Waals surface area contributed by atoms with Gasteiger partial charge in [-0.15, -0.1) is 11.3 Å². The Morgan fingerprint density at radius 2 is 2.16 bits per heavy atom. The predicted octanol–water partition coefficient (Wildman–Crippen LogP) is 3.76. The van der Waals surface area contributed by atoms with Gasteiger partial charge in [0.25, 0.3) is 0 Å². The lowest BCUT2D eigenvalue weighted by Gasteiger charge is -2.23. The summed E-state index contributed by atoms with van der Waals surface area (Å²) in [4.78, 5) is 14.1. The van der Waals surface area contributed by atoms with Crippen LogP contribution < -0.4 is 0 Å². The minimum Gasteiger partial charge on any atom is -0.481 e. The van der Waals surface area contributed by atoms with Gasteiger partial charge in [-0.25, -0.2) is 0 Å². The quantitative estimate of drug-likeness (QED) is 0.874. The van der Waals surface area contributed by atoms with Crippen molar-refractivity contribution in [3.05, 3.63) is 35.2 Å². The highest BCUT2D eigenvalue weighted by atomic mass is 32.1. The first-order chi connectivity index (χ1) is 9.08. The van der Waals surface area contributed by atoms with E-state index in [4.69, 9.17) is 5.11 Å². The summed E-state index contributed by atoms with van der Waals surface area (Å²) in [6.07, 6.45) is 0.935. The minimum absolute atomic E-state index is 0.240. The Labute approximate surface area is 117 Å². The highest BCUT2D eigenvalue weighted by molar-refractivity contribution is 7.19. The molecule has 0 aliphatic rings. The van der Waals surface area contributed by atoms with Gasteiger partial charge in [-0.1, -0.05) is 18.2 Å². The number of aliphatic carboxylic acids is 1. The average Bonchev–Trinajstić information content (AvgIpc) is 2.80. The smallest absolute Gasteiger partial charge is 0.303 e. The Morgan fingerprint density at radius 1 is 1.42 bits per heavy atom. The molecule has 19 heavy (non-hydrogen) atoms. The molecule has 0 spiro atoms. The highest BCUT2D eigenvalue weighted by Gasteiger charge is 2.14. The monoisotopic (exact) mass is 277 g/mol. The topological polar surface area (TPSA) is 40.5 Å². The molecule has 2 aromatic rings. The molecule has 0 radical (unpaired) electrons. The second kappa shape index (κ2) is 6.17. The maximum Gasteiger partial charge on any atom is 0.303 e. The van der Waals surface area contributed by atoms with E-state index >= 15 is 0 Å². The molecule has 0 bridgehead atoms. The first kappa shape index (κ1) is 14.0. The van der Waals surface area contributed by atoms with E-state index in [0.717, 1.165) is 6.54 Å². The fourth-order valence-electron chi connectivity index (χ4n) is 2.10. The highest BCUT2D eigenvalue weighted by Crippen LogP contribution is 2.31. The van der Waals surface area contributed by atoms with E-state index < -0.39 is 5.97 Å². The Kier molecular flexibility index (Phi) is 4.56. The zero-order valence-electron chi connectivity index (χ0n) is 11.3. The molecule has 1 heterocycles. The number of carboxylic acids is 1. The largest absolute Gasteiger partial charge is 0.481 e. The summed E-state index contributed by atoms with van der Waals surface area (Å²) in [5.74, 6) is -0.720. The molecule has 1 unspecified atom stereocenters. The summed E-state index contributed by atoms with van der Waals surface area (Å²) in [5, 5.41) is 9.95. The molecule has 2 rings (SSSR count). The second-order valence-corrected chi connectivity index (χ2v) is 5.96. The van der Waals surface area contributed by atoms with Crippen LogP contribution in [-0.4, -0.2) is 29.6 Å². The standard InChI is InChI=1S/C15H19NO2S/c1-11(16(2)9-5-8-15(17)18)14-10-12-6-3-4-7-13(12)19-14/h3-4,6-7,10-11H,5,8-9H2,1-2H3,(H,17,18). The first-order valence-corrected chi connectivity index (χ1v) is 7.30. The van der Waals surface area contributed by atoms with Gasteiger partial charge in [0.05, 0.1) is 0 Å². The molecule has 0 amide bonds. The molecule has 1 atom stereocenters. The van der Waals surface area contributed by atoms with Gasteiger partial charge in [-0.3, -0.25) is 9.69 Å². The van der Waals surface area contributed by atoms with E-state index in [1.807, 2.05) is 11.3 Å². The van der Waals surface area contributed by atoms with Crippen LogP contribution in [0.5, 0.6) is 0 Å². The van der Waals surface area contributed by atoms with E-state index in [2.05, 4.69) is 49.2 Å². The Bertz CT molecular complexity index is 531. The van der Waals surface area contributed by atoms with Gasteiger partial charge in [-0.2, -0.15) is 0 Å². The van der Waals surface area contributed by atoms with Crippen molar-refractivity contribution in [1.29, 1.82) is 0 Å². The van der Waals surface area contributed by atoms with Crippen LogP contribution in [0.15, 0.2) is 30.3 Å². The van der Waals surface area contributed by atoms with Crippen LogP contribution in [0.4, 0.5) is 0 Å². The van der Waals surface area contributed by atoms with Gasteiger partial charge < -0.3 is 5.11 Å². The van der Waals surface area contributed by atoms with Crippen LogP contribution in [-0.2, 0) is 4.79 Å². The summed E-state index contributed by atoms with van der Waals surface area (Å²) in [6.45, 7) is 2.98. The van der Waals surface area contributed by atoms with Crippen LogP contribution in [0.3, 0.4) is 0 Å². The zero-order chi connectivity index (χ0) is 13.8. The van der Waals surface area contributed by atoms with Crippen molar-refractivity contribution in [3.63, 3.8) is 0 Å². The third kappa shape index (κ3) is 3.55. The predicted molar refractivity (Wildman–Crippen MR) is 79.7 cm³/mol. The van der Waals surface area contributed by atoms with E-state index in [0.29, 0.717) is 12.5 Å². The summed E-state index contributed by atoms with van der Waals surface area (Å²) in [6, 6.07) is 10.9. The molecule has 1 aromatic carbocycles. The molecule has 3 nitrogen and oxygen atoms in total. The Morgan fingerprint density at radius 3 is 2.84 bits per heavy atom. The third-order valence-corrected chi connectivity index (χ3v) is 4.71. The minimum atomic E-state index is -0.720. The number of thiophene rings is 1. The number of hydrogen-bond donors (Lipinski definition) is 1. The number of rotatable bonds is 6. The van der Waals surface area contributed by atoms with Gasteiger partial charge in [0.1, 0.15) is 0 Å². The molecule has 0 fully saturated rings. The van der Waals surface area contributed by atoms with E-state index in [-0.39, 0.29) is 6.42 Å². The van der Waals surface area contributed by atoms with E-state index in [9.17, 15) is 4.79 Å². The first-order valence-electron chi connectivity index (χ1n) is 6.48. The molecule has 0 saturated heterocycles. The molecule has 1 N–H and O–H groups in total. The molecular weight excluding hydrogens is 258 g/mol. The van der Waals surface area contributed by atoms with Crippen molar-refractivity contribution in [1.82, 2.24) is 4.90 Å². The van der Waals surface area contributed by atoms with Gasteiger partial charge in [0, 0.05) is 22.0 Å². The van der Waals surface area contributed by atoms with Crippen molar-refractivity contribution >= 4 is 27.4 Å². The lowest BCUT2D eigenvalue weighted by molar-refractivity contribution is -0.137. The second-order valence-electron chi connectivity index (χ2n) is 4.84. The molecule has 102 valence electrons. The van der Waals surface area contributed by atoms with Gasteiger partial charge in [0.2, 0.25) is 0 Å². The molecule has 0 saturated carbocycles. The summed E-state index contributed by atoms with van der Waals surface area (Å²) in [7, 11) is 2.05. The number of hydrogen-bond acceptors (Lipinski definition) is 3. The van der Waals surface area contributed by atoms with Crippen molar-refractivity contribution in [3.8, 4) is 0 Å². The van der Waals surface area contributed by atoms with Gasteiger partial charge >= 0.3 is 5.97 Å². The van der Waals surface area contributed by atoms with Crippen LogP contribution >= 0.6 is 11.3 Å². The van der Waals surface area contributed by atoms with Crippen LogP contribution in [0.25, 0.3) is 10.1 Å². The van der Waals surface area contributed by atoms with Crippen LogP contribution in [0, 0.1) is 0 Å². The molecule has 4 heteroatoms. The number of nitrogens with zero attached hydrogens (tertiary/aromatic N) is 1. The molecule has 0 aliphatic carbocycles.